The summed E-state index contributed by atoms with van der Waals surface area (Å²) in [7, 11) is 0. The number of amides is 1. The lowest BCUT2D eigenvalue weighted by Gasteiger charge is -2.07. The van der Waals surface area contributed by atoms with Crippen molar-refractivity contribution in [3.63, 3.8) is 0 Å². The molecule has 3 rings (SSSR count). The number of H-pyrrole nitrogens is 1. The van der Waals surface area contributed by atoms with Crippen molar-refractivity contribution in [2.45, 2.75) is 13.8 Å². The number of nitrogens with one attached hydrogen (secondary N) is 2. The molecule has 2 aromatic heterocycles. The maximum atomic E-state index is 11.8. The Kier molecular flexibility index (Phi) is 2.50. The van der Waals surface area contributed by atoms with Crippen molar-refractivity contribution in [3.05, 3.63) is 41.2 Å². The van der Waals surface area contributed by atoms with Crippen LogP contribution >= 0.6 is 0 Å². The van der Waals surface area contributed by atoms with Gasteiger partial charge in [0.1, 0.15) is 5.69 Å². The molecule has 0 saturated carbocycles. The van der Waals surface area contributed by atoms with Crippen LogP contribution in [0.5, 0.6) is 0 Å². The van der Waals surface area contributed by atoms with Crippen molar-refractivity contribution in [2.24, 2.45) is 5.84 Å². The average molecular weight is 254 g/mol. The Labute approximate surface area is 109 Å². The minimum absolute atomic E-state index is 0.368. The van der Waals surface area contributed by atoms with Crippen LogP contribution in [0.2, 0.25) is 0 Å². The summed E-state index contributed by atoms with van der Waals surface area (Å²) < 4.78 is 0. The topological polar surface area (TPSA) is 83.8 Å². The molecule has 0 aliphatic heterocycles. The molecule has 5 heteroatoms. The Hall–Kier alpha value is -2.40. The van der Waals surface area contributed by atoms with Gasteiger partial charge in [-0.05, 0) is 25.5 Å². The van der Waals surface area contributed by atoms with Gasteiger partial charge in [0.05, 0.1) is 11.2 Å². The summed E-state index contributed by atoms with van der Waals surface area (Å²) in [5, 5.41) is 2.12. The van der Waals surface area contributed by atoms with E-state index >= 15 is 0 Å². The van der Waals surface area contributed by atoms with Gasteiger partial charge in [0, 0.05) is 16.3 Å². The molecule has 0 aliphatic carbocycles. The molecule has 0 unspecified atom stereocenters. The quantitative estimate of drug-likeness (QED) is 0.352. The molecule has 1 aromatic carbocycles. The van der Waals surface area contributed by atoms with Gasteiger partial charge in [-0.25, -0.2) is 10.8 Å². The summed E-state index contributed by atoms with van der Waals surface area (Å²) in [6, 6.07) is 8.00. The van der Waals surface area contributed by atoms with Crippen LogP contribution in [-0.4, -0.2) is 15.9 Å². The summed E-state index contributed by atoms with van der Waals surface area (Å²) in [6.07, 6.45) is 0. The highest BCUT2D eigenvalue weighted by Crippen LogP contribution is 2.30. The van der Waals surface area contributed by atoms with Gasteiger partial charge in [0.2, 0.25) is 0 Å². The molecule has 0 atom stereocenters. The van der Waals surface area contributed by atoms with Crippen molar-refractivity contribution in [2.75, 3.05) is 0 Å². The Morgan fingerprint density at radius 1 is 1.32 bits per heavy atom. The molecule has 0 bridgehead atoms. The number of hydrazine groups is 1. The van der Waals surface area contributed by atoms with Gasteiger partial charge in [0.25, 0.3) is 5.91 Å². The lowest BCUT2D eigenvalue weighted by molar-refractivity contribution is 0.0948. The van der Waals surface area contributed by atoms with Crippen LogP contribution in [0.4, 0.5) is 0 Å². The Morgan fingerprint density at radius 2 is 2.05 bits per heavy atom. The Bertz CT molecular complexity index is 804. The van der Waals surface area contributed by atoms with Gasteiger partial charge in [-0.15, -0.1) is 0 Å². The number of para-hydroxylation sites is 1. The van der Waals surface area contributed by atoms with Crippen LogP contribution in [0.3, 0.4) is 0 Å². The highest BCUT2D eigenvalue weighted by molar-refractivity contribution is 6.12. The molecule has 0 spiro atoms. The number of carbonyl (C=O) groups excluding carboxylic acids is 1. The molecule has 0 fully saturated rings. The van der Waals surface area contributed by atoms with Crippen LogP contribution in [-0.2, 0) is 0 Å². The van der Waals surface area contributed by atoms with E-state index < -0.39 is 0 Å². The second-order valence-corrected chi connectivity index (χ2v) is 4.56. The van der Waals surface area contributed by atoms with E-state index in [-0.39, 0.29) is 5.91 Å². The fourth-order valence-electron chi connectivity index (χ4n) is 2.52. The van der Waals surface area contributed by atoms with E-state index in [1.54, 1.807) is 0 Å². The molecule has 2 heterocycles. The van der Waals surface area contributed by atoms with Crippen LogP contribution in [0.15, 0.2) is 24.3 Å². The molecule has 4 N–H and O–H groups in total. The van der Waals surface area contributed by atoms with Gasteiger partial charge >= 0.3 is 0 Å². The first-order chi connectivity index (χ1) is 9.13. The molecule has 0 aliphatic rings. The van der Waals surface area contributed by atoms with Crippen molar-refractivity contribution in [3.8, 4) is 0 Å². The zero-order valence-corrected chi connectivity index (χ0v) is 10.7. The second-order valence-electron chi connectivity index (χ2n) is 4.56. The van der Waals surface area contributed by atoms with Gasteiger partial charge in [-0.2, -0.15) is 0 Å². The van der Waals surface area contributed by atoms with Crippen molar-refractivity contribution in [1.29, 1.82) is 0 Å². The highest BCUT2D eigenvalue weighted by Gasteiger charge is 2.17. The number of aromatic amines is 1. The molecule has 19 heavy (non-hydrogen) atoms. The van der Waals surface area contributed by atoms with Crippen LogP contribution in [0.1, 0.15) is 21.7 Å². The first kappa shape index (κ1) is 11.7. The number of fused-ring (bicyclic) bond motifs is 3. The maximum Gasteiger partial charge on any atom is 0.284 e. The molecule has 5 nitrogen and oxygen atoms in total. The fraction of sp³-hybridized carbons (Fsp3) is 0.143. The van der Waals surface area contributed by atoms with E-state index in [0.29, 0.717) is 5.69 Å². The van der Waals surface area contributed by atoms with E-state index in [2.05, 4.69) is 15.4 Å². The predicted molar refractivity (Wildman–Crippen MR) is 74.7 cm³/mol. The normalized spacial score (nSPS) is 11.1. The summed E-state index contributed by atoms with van der Waals surface area (Å²) in [4.78, 5) is 19.5. The van der Waals surface area contributed by atoms with E-state index in [9.17, 15) is 4.79 Å². The van der Waals surface area contributed by atoms with E-state index in [1.807, 2.05) is 38.1 Å². The Morgan fingerprint density at radius 3 is 2.79 bits per heavy atom. The predicted octanol–water partition coefficient (Wildman–Crippen LogP) is 1.94. The van der Waals surface area contributed by atoms with Crippen molar-refractivity contribution >= 4 is 27.7 Å². The number of benzene rings is 1. The highest BCUT2D eigenvalue weighted by atomic mass is 16.2. The first-order valence-corrected chi connectivity index (χ1v) is 6.02. The summed E-state index contributed by atoms with van der Waals surface area (Å²) in [5.41, 5.74) is 6.14. The zero-order valence-electron chi connectivity index (χ0n) is 10.7. The molecular weight excluding hydrogens is 240 g/mol. The SMILES string of the molecule is Cc1nc(C(=O)NN)c(C)c2c1[nH]c1ccccc12. The molecule has 0 saturated heterocycles. The van der Waals surface area contributed by atoms with Crippen molar-refractivity contribution < 1.29 is 4.79 Å². The van der Waals surface area contributed by atoms with Crippen LogP contribution in [0.25, 0.3) is 21.8 Å². The molecule has 96 valence electrons. The zero-order chi connectivity index (χ0) is 13.6. The monoisotopic (exact) mass is 254 g/mol. The standard InChI is InChI=1S/C14H14N4O/c1-7-11-9-5-3-4-6-10(9)17-13(11)8(2)16-12(7)14(19)18-15/h3-6,17H,15H2,1-2H3,(H,18,19). The first-order valence-electron chi connectivity index (χ1n) is 6.02. The number of carbonyl (C=O) groups is 1. The fourth-order valence-corrected chi connectivity index (χ4v) is 2.52. The third-order valence-electron chi connectivity index (χ3n) is 3.42. The third-order valence-corrected chi connectivity index (χ3v) is 3.42. The average Bonchev–Trinajstić information content (AvgIpc) is 2.82. The lowest BCUT2D eigenvalue weighted by Crippen LogP contribution is -2.31. The van der Waals surface area contributed by atoms with Crippen LogP contribution in [0, 0.1) is 13.8 Å². The number of hydrogen-bond donors (Lipinski definition) is 3. The number of nitrogens with two attached hydrogens (primary N) is 1. The van der Waals surface area contributed by atoms with Gasteiger partial charge in [0.15, 0.2) is 0 Å². The molecule has 3 aromatic rings. The van der Waals surface area contributed by atoms with Crippen LogP contribution < -0.4 is 11.3 Å². The minimum atomic E-state index is -0.368. The third kappa shape index (κ3) is 1.59. The number of nitrogen functional groups attached to an aromatic ring is 1. The van der Waals surface area contributed by atoms with E-state index in [0.717, 1.165) is 33.1 Å². The number of hydrogen-bond acceptors (Lipinski definition) is 3. The van der Waals surface area contributed by atoms with Gasteiger partial charge in [-0.1, -0.05) is 18.2 Å². The van der Waals surface area contributed by atoms with Gasteiger partial charge in [-0.3, -0.25) is 10.2 Å². The maximum absolute atomic E-state index is 11.8. The summed E-state index contributed by atoms with van der Waals surface area (Å²) >= 11 is 0. The number of aryl methyl sites for hydroxylation is 2. The molecule has 1 amide bonds. The summed E-state index contributed by atoms with van der Waals surface area (Å²) in [5.74, 6) is 4.84. The van der Waals surface area contributed by atoms with Gasteiger partial charge < -0.3 is 4.98 Å². The van der Waals surface area contributed by atoms with E-state index in [4.69, 9.17) is 5.84 Å². The number of rotatable bonds is 1. The largest absolute Gasteiger partial charge is 0.353 e. The minimum Gasteiger partial charge on any atom is -0.353 e. The molecular formula is C14H14N4O. The Balaban J connectivity index is 2.49. The lowest BCUT2D eigenvalue weighted by atomic mass is 10.0. The molecule has 0 radical (unpaired) electrons. The number of nitrogens with zero attached hydrogens (tertiary/aromatic N) is 1. The van der Waals surface area contributed by atoms with Crippen molar-refractivity contribution in [1.82, 2.24) is 15.4 Å². The smallest absolute Gasteiger partial charge is 0.284 e. The van der Waals surface area contributed by atoms with E-state index in [1.165, 1.54) is 0 Å². The second kappa shape index (κ2) is 4.07. The number of aromatic nitrogens is 2. The summed E-state index contributed by atoms with van der Waals surface area (Å²) in [6.45, 7) is 3.77. The number of pyridine rings is 1.